The van der Waals surface area contributed by atoms with Crippen LogP contribution >= 0.6 is 0 Å². The van der Waals surface area contributed by atoms with Gasteiger partial charge in [-0.15, -0.1) is 10.2 Å². The molecule has 220 valence electrons. The second kappa shape index (κ2) is 10.8. The van der Waals surface area contributed by atoms with E-state index in [4.69, 9.17) is 9.47 Å². The largest absolute Gasteiger partial charge is 0.494 e. The van der Waals surface area contributed by atoms with Gasteiger partial charge in [0, 0.05) is 27.5 Å². The number of halogens is 5. The summed E-state index contributed by atoms with van der Waals surface area (Å²) >= 11 is 0. The molecule has 0 bridgehead atoms. The summed E-state index contributed by atoms with van der Waals surface area (Å²) in [4.78, 5) is 17.4. The SMILES string of the molecule is COc1cc(C(=O)NCC(O)(c2cc3c(c(-c4ccc(F)cc4)n2)OCC3(C)C)C(F)F)cc2cc(C(F)F)nnc12. The standard InChI is InChI=1S/C29H25F5N4O4/c1-28(2)13-42-24-18(28)11-21(36-23(24)14-4-6-17(30)7-5-14)29(40,27(33)34)12-35-26(39)16-8-15-9-19(25(31)32)37-38-22(15)20(10-16)41-3/h4-11,25,27,40H,12-13H2,1-3H3,(H,35,39). The molecule has 3 heterocycles. The number of hydrogen-bond acceptors (Lipinski definition) is 7. The number of alkyl halides is 4. The van der Waals surface area contributed by atoms with Crippen LogP contribution in [0.1, 0.15) is 47.6 Å². The highest BCUT2D eigenvalue weighted by atomic mass is 19.3. The summed E-state index contributed by atoms with van der Waals surface area (Å²) in [5.74, 6) is -1.04. The topological polar surface area (TPSA) is 106 Å². The zero-order valence-corrected chi connectivity index (χ0v) is 22.6. The minimum atomic E-state index is -3.40. The lowest BCUT2D eigenvalue weighted by Crippen LogP contribution is -2.46. The van der Waals surface area contributed by atoms with Crippen LogP contribution in [-0.2, 0) is 11.0 Å². The highest BCUT2D eigenvalue weighted by Crippen LogP contribution is 2.46. The van der Waals surface area contributed by atoms with Crippen LogP contribution in [0.5, 0.6) is 11.5 Å². The first-order valence-corrected chi connectivity index (χ1v) is 12.7. The maximum Gasteiger partial charge on any atom is 0.282 e. The Bertz CT molecular complexity index is 1670. The van der Waals surface area contributed by atoms with Gasteiger partial charge in [0.05, 0.1) is 26.0 Å². The minimum Gasteiger partial charge on any atom is -0.494 e. The maximum absolute atomic E-state index is 14.6. The smallest absolute Gasteiger partial charge is 0.282 e. The second-order valence-corrected chi connectivity index (χ2v) is 10.5. The zero-order valence-electron chi connectivity index (χ0n) is 22.6. The summed E-state index contributed by atoms with van der Waals surface area (Å²) < 4.78 is 80.1. The highest BCUT2D eigenvalue weighted by Gasteiger charge is 2.45. The summed E-state index contributed by atoms with van der Waals surface area (Å²) in [7, 11) is 1.28. The normalized spacial score (nSPS) is 15.4. The second-order valence-electron chi connectivity index (χ2n) is 10.5. The molecule has 0 saturated heterocycles. The Morgan fingerprint density at radius 1 is 1.12 bits per heavy atom. The number of hydrogen-bond donors (Lipinski definition) is 2. The molecule has 1 unspecified atom stereocenters. The number of benzene rings is 2. The molecule has 13 heteroatoms. The van der Waals surface area contributed by atoms with Crippen molar-refractivity contribution in [1.82, 2.24) is 20.5 Å². The van der Waals surface area contributed by atoms with E-state index in [0.717, 1.165) is 6.07 Å². The molecule has 1 amide bonds. The van der Waals surface area contributed by atoms with Gasteiger partial charge in [0.15, 0.2) is 5.60 Å². The number of rotatable bonds is 8. The van der Waals surface area contributed by atoms with Crippen LogP contribution < -0.4 is 14.8 Å². The lowest BCUT2D eigenvalue weighted by Gasteiger charge is -2.29. The number of pyridine rings is 1. The van der Waals surface area contributed by atoms with Gasteiger partial charge in [0.1, 0.15) is 34.2 Å². The molecule has 0 spiro atoms. The van der Waals surface area contributed by atoms with E-state index in [1.165, 1.54) is 49.6 Å². The van der Waals surface area contributed by atoms with Gasteiger partial charge in [-0.2, -0.15) is 0 Å². The molecule has 2 aromatic carbocycles. The summed E-state index contributed by atoms with van der Waals surface area (Å²) in [5, 5.41) is 20.9. The lowest BCUT2D eigenvalue weighted by atomic mass is 9.84. The molecule has 0 aliphatic carbocycles. The maximum atomic E-state index is 14.6. The first-order chi connectivity index (χ1) is 19.8. The van der Waals surface area contributed by atoms with Crippen LogP contribution in [0.25, 0.3) is 22.2 Å². The number of fused-ring (bicyclic) bond motifs is 2. The molecule has 2 aromatic heterocycles. The van der Waals surface area contributed by atoms with Crippen LogP contribution in [0.2, 0.25) is 0 Å². The molecule has 4 aromatic rings. The van der Waals surface area contributed by atoms with E-state index in [2.05, 4.69) is 20.5 Å². The Morgan fingerprint density at radius 2 is 1.83 bits per heavy atom. The van der Waals surface area contributed by atoms with Gasteiger partial charge < -0.3 is 19.9 Å². The van der Waals surface area contributed by atoms with Crippen molar-refractivity contribution in [2.45, 2.75) is 37.7 Å². The number of aromatic nitrogens is 3. The van der Waals surface area contributed by atoms with E-state index in [-0.39, 0.29) is 34.5 Å². The van der Waals surface area contributed by atoms with Crippen molar-refractivity contribution in [2.24, 2.45) is 0 Å². The zero-order chi connectivity index (χ0) is 30.4. The molecule has 0 radical (unpaired) electrons. The van der Waals surface area contributed by atoms with E-state index in [1.807, 2.05) is 13.8 Å². The third kappa shape index (κ3) is 5.20. The molecule has 0 saturated carbocycles. The number of aliphatic hydroxyl groups is 1. The molecular weight excluding hydrogens is 563 g/mol. The molecule has 1 aliphatic rings. The van der Waals surface area contributed by atoms with Gasteiger partial charge in [-0.25, -0.2) is 26.9 Å². The fraction of sp³-hybridized carbons (Fsp3) is 0.310. The van der Waals surface area contributed by atoms with Gasteiger partial charge in [0.25, 0.3) is 18.8 Å². The van der Waals surface area contributed by atoms with E-state index in [1.54, 1.807) is 0 Å². The average Bonchev–Trinajstić information content (AvgIpc) is 3.28. The van der Waals surface area contributed by atoms with Gasteiger partial charge in [-0.1, -0.05) is 13.8 Å². The fourth-order valence-corrected chi connectivity index (χ4v) is 4.67. The van der Waals surface area contributed by atoms with E-state index >= 15 is 0 Å². The summed E-state index contributed by atoms with van der Waals surface area (Å²) in [6, 6.07) is 10.0. The number of methoxy groups -OCH3 is 1. The number of ether oxygens (including phenoxy) is 2. The molecule has 1 atom stereocenters. The van der Waals surface area contributed by atoms with Crippen molar-refractivity contribution in [1.29, 1.82) is 0 Å². The third-order valence-corrected chi connectivity index (χ3v) is 7.10. The molecule has 8 nitrogen and oxygen atoms in total. The number of carbonyl (C=O) groups excluding carboxylic acids is 1. The van der Waals surface area contributed by atoms with E-state index in [9.17, 15) is 31.9 Å². The lowest BCUT2D eigenvalue weighted by molar-refractivity contribution is -0.101. The molecule has 1 aliphatic heterocycles. The number of nitrogens with zero attached hydrogens (tertiary/aromatic N) is 3. The van der Waals surface area contributed by atoms with Crippen molar-refractivity contribution in [3.63, 3.8) is 0 Å². The highest BCUT2D eigenvalue weighted by molar-refractivity contribution is 5.99. The molecule has 42 heavy (non-hydrogen) atoms. The predicted molar refractivity (Wildman–Crippen MR) is 141 cm³/mol. The van der Waals surface area contributed by atoms with E-state index < -0.39 is 53.5 Å². The van der Waals surface area contributed by atoms with Crippen LogP contribution in [0.15, 0.2) is 48.5 Å². The van der Waals surface area contributed by atoms with Crippen LogP contribution in [0.4, 0.5) is 22.0 Å². The summed E-state index contributed by atoms with van der Waals surface area (Å²) in [5.41, 5.74) is -3.62. The number of amides is 1. The minimum absolute atomic E-state index is 0.0431. The van der Waals surface area contributed by atoms with E-state index in [0.29, 0.717) is 16.9 Å². The Balaban J connectivity index is 1.52. The van der Waals surface area contributed by atoms with Crippen molar-refractivity contribution in [3.05, 3.63) is 76.9 Å². The van der Waals surface area contributed by atoms with Crippen molar-refractivity contribution in [2.75, 3.05) is 20.3 Å². The van der Waals surface area contributed by atoms with Crippen LogP contribution in [0.3, 0.4) is 0 Å². The first-order valence-electron chi connectivity index (χ1n) is 12.7. The Morgan fingerprint density at radius 3 is 2.48 bits per heavy atom. The van der Waals surface area contributed by atoms with Crippen molar-refractivity contribution < 1.29 is 41.3 Å². The fourth-order valence-electron chi connectivity index (χ4n) is 4.67. The quantitative estimate of drug-likeness (QED) is 0.268. The van der Waals surface area contributed by atoms with Gasteiger partial charge >= 0.3 is 0 Å². The third-order valence-electron chi connectivity index (χ3n) is 7.10. The predicted octanol–water partition coefficient (Wildman–Crippen LogP) is 5.33. The number of carbonyl (C=O) groups is 1. The summed E-state index contributed by atoms with van der Waals surface area (Å²) in [6.45, 7) is 2.91. The van der Waals surface area contributed by atoms with Crippen LogP contribution in [0, 0.1) is 5.82 Å². The van der Waals surface area contributed by atoms with Crippen LogP contribution in [-0.4, -0.2) is 52.9 Å². The Kier molecular flexibility index (Phi) is 7.48. The summed E-state index contributed by atoms with van der Waals surface area (Å²) in [6.07, 6.45) is -6.31. The monoisotopic (exact) mass is 588 g/mol. The molecule has 2 N–H and O–H groups in total. The van der Waals surface area contributed by atoms with Gasteiger partial charge in [0.2, 0.25) is 0 Å². The first kappa shape index (κ1) is 29.1. The number of nitrogens with one attached hydrogen (secondary N) is 1. The van der Waals surface area contributed by atoms with Crippen molar-refractivity contribution in [3.8, 4) is 22.8 Å². The molecule has 0 fully saturated rings. The Labute approximate surface area is 236 Å². The Hall–Kier alpha value is -4.39. The van der Waals surface area contributed by atoms with Gasteiger partial charge in [-0.3, -0.25) is 4.79 Å². The molecule has 5 rings (SSSR count). The molecular formula is C29H25F5N4O4. The van der Waals surface area contributed by atoms with Gasteiger partial charge in [-0.05, 0) is 48.5 Å². The average molecular weight is 589 g/mol. The van der Waals surface area contributed by atoms with Crippen molar-refractivity contribution >= 4 is 16.8 Å².